The lowest BCUT2D eigenvalue weighted by Gasteiger charge is -2.24. The smallest absolute Gasteiger partial charge is 0.506 e. The maximum Gasteiger partial charge on any atom is 0.647 e. The Hall–Kier alpha value is -7.36. The van der Waals surface area contributed by atoms with Crippen LogP contribution in [0.15, 0.2) is 177 Å². The molecule has 0 bridgehead atoms. The van der Waals surface area contributed by atoms with Crippen LogP contribution in [0.3, 0.4) is 0 Å². The first-order valence-electron chi connectivity index (χ1n) is 20.4. The molecule has 0 radical (unpaired) electrons. The number of hydrogen-bond acceptors (Lipinski definition) is 10. The third kappa shape index (κ3) is 9.99. The lowest BCUT2D eigenvalue weighted by molar-refractivity contribution is 0.101. The van der Waals surface area contributed by atoms with Crippen LogP contribution in [0.4, 0.5) is 17.1 Å². The van der Waals surface area contributed by atoms with Gasteiger partial charge in [0, 0.05) is 13.4 Å². The van der Waals surface area contributed by atoms with Gasteiger partial charge in [0.15, 0.2) is 0 Å². The van der Waals surface area contributed by atoms with Gasteiger partial charge in [-0.2, -0.15) is 4.57 Å². The first-order chi connectivity index (χ1) is 32.7. The number of aromatic hydroxyl groups is 3. The number of halogens is 3. The van der Waals surface area contributed by atoms with Crippen molar-refractivity contribution in [2.45, 2.75) is 0 Å². The van der Waals surface area contributed by atoms with Crippen LogP contribution in [0.25, 0.3) is 32.3 Å². The van der Waals surface area contributed by atoms with Gasteiger partial charge in [0.25, 0.3) is 17.7 Å². The van der Waals surface area contributed by atoms with E-state index in [1.54, 1.807) is 91.0 Å². The fraction of sp³-hybridized carbons (Fsp3) is 0. The Morgan fingerprint density at radius 2 is 0.662 bits per heavy atom. The molecule has 338 valence electrons. The maximum atomic E-state index is 16.0. The Kier molecular flexibility index (Phi) is 12.9. The van der Waals surface area contributed by atoms with E-state index in [1.165, 1.54) is 72.8 Å². The molecular weight excluding hydrogens is 1090 g/mol. The van der Waals surface area contributed by atoms with Crippen molar-refractivity contribution in [2.75, 3.05) is 16.0 Å². The highest BCUT2D eigenvalue weighted by molar-refractivity contribution is 9.11. The van der Waals surface area contributed by atoms with E-state index in [1.807, 2.05) is 0 Å². The van der Waals surface area contributed by atoms with Gasteiger partial charge >= 0.3 is 7.82 Å². The summed E-state index contributed by atoms with van der Waals surface area (Å²) >= 11 is 10.4. The molecule has 0 spiro atoms. The Morgan fingerprint density at radius 3 is 0.941 bits per heavy atom. The summed E-state index contributed by atoms with van der Waals surface area (Å²) in [7, 11) is -5.34. The molecule has 68 heavy (non-hydrogen) atoms. The van der Waals surface area contributed by atoms with Crippen molar-refractivity contribution < 1.29 is 47.8 Å². The normalized spacial score (nSPS) is 11.3. The number of nitrogens with one attached hydrogen (secondary N) is 3. The highest BCUT2D eigenvalue weighted by Gasteiger charge is 2.38. The molecule has 0 aromatic heterocycles. The quantitative estimate of drug-likeness (QED) is 0.0507. The van der Waals surface area contributed by atoms with Crippen molar-refractivity contribution in [2.24, 2.45) is 0 Å². The number of phosphoric acid groups is 1. The van der Waals surface area contributed by atoms with Crippen molar-refractivity contribution in [3.8, 4) is 34.5 Å². The van der Waals surface area contributed by atoms with Gasteiger partial charge in [-0.3, -0.25) is 14.4 Å². The van der Waals surface area contributed by atoms with Crippen LogP contribution >= 0.6 is 55.6 Å². The number of fused-ring (bicyclic) bond motifs is 3. The molecule has 9 aromatic carbocycles. The number of benzene rings is 9. The average Bonchev–Trinajstić information content (AvgIpc) is 3.30. The van der Waals surface area contributed by atoms with Crippen LogP contribution in [0.5, 0.6) is 34.5 Å². The van der Waals surface area contributed by atoms with Crippen LogP contribution in [0.2, 0.25) is 0 Å². The molecule has 0 aliphatic carbocycles. The van der Waals surface area contributed by atoms with Crippen LogP contribution in [0, 0.1) is 0 Å². The standard InChI is InChI=1S/C51H33Br3N3O10P/c52-34-16-13-28-25-46(37(22-31(28)19-34)49(61)55-40-7-1-4-10-43(40)58)65-68(64,66-47-26-29-14-17-35(53)20-32(29)23-38(47)50(62)56-41-8-2-5-11-44(41)59)67-48-27-30-15-18-36(54)21-33(30)24-39(48)51(63)57-42-9-3-6-12-45(42)60/h1-27,58-60H,(H,55,61)(H,56,62)(H,57,63). The average molecular weight is 1120 g/mol. The van der Waals surface area contributed by atoms with E-state index in [9.17, 15) is 29.7 Å². The van der Waals surface area contributed by atoms with Crippen LogP contribution in [-0.4, -0.2) is 33.0 Å². The number of rotatable bonds is 12. The van der Waals surface area contributed by atoms with E-state index < -0.39 is 25.5 Å². The van der Waals surface area contributed by atoms with Gasteiger partial charge in [-0.15, -0.1) is 0 Å². The van der Waals surface area contributed by atoms with Crippen molar-refractivity contribution in [1.82, 2.24) is 0 Å². The maximum absolute atomic E-state index is 16.0. The number of hydrogen-bond donors (Lipinski definition) is 6. The van der Waals surface area contributed by atoms with E-state index in [0.717, 1.165) is 0 Å². The topological polar surface area (TPSA) is 193 Å². The second-order valence-electron chi connectivity index (χ2n) is 15.2. The van der Waals surface area contributed by atoms with Crippen molar-refractivity contribution in [1.29, 1.82) is 0 Å². The minimum Gasteiger partial charge on any atom is -0.506 e. The van der Waals surface area contributed by atoms with Gasteiger partial charge < -0.3 is 44.8 Å². The summed E-state index contributed by atoms with van der Waals surface area (Å²) in [6.07, 6.45) is 0. The van der Waals surface area contributed by atoms with Crippen molar-refractivity contribution in [3.05, 3.63) is 194 Å². The molecule has 0 atom stereocenters. The first-order valence-corrected chi connectivity index (χ1v) is 24.2. The lowest BCUT2D eigenvalue weighted by atomic mass is 10.1. The van der Waals surface area contributed by atoms with Crippen molar-refractivity contribution in [3.63, 3.8) is 0 Å². The Labute approximate surface area is 412 Å². The van der Waals surface area contributed by atoms with E-state index in [0.29, 0.717) is 45.7 Å². The zero-order chi connectivity index (χ0) is 47.7. The van der Waals surface area contributed by atoms with Crippen LogP contribution < -0.4 is 29.5 Å². The number of phenols is 3. The minimum atomic E-state index is -5.34. The summed E-state index contributed by atoms with van der Waals surface area (Å²) in [5.41, 5.74) is -0.313. The number of phenolic OH excluding ortho intramolecular Hbond substituents is 3. The third-order valence-corrected chi connectivity index (χ3v) is 13.3. The summed E-state index contributed by atoms with van der Waals surface area (Å²) in [6.45, 7) is 0. The summed E-state index contributed by atoms with van der Waals surface area (Å²) in [6, 6.07) is 42.8. The molecule has 0 saturated carbocycles. The van der Waals surface area contributed by atoms with E-state index >= 15 is 4.57 Å². The molecule has 17 heteroatoms. The minimum absolute atomic E-state index is 0.0688. The third-order valence-electron chi connectivity index (χ3n) is 10.5. The summed E-state index contributed by atoms with van der Waals surface area (Å²) in [5, 5.41) is 43.1. The SMILES string of the molecule is O=C(Nc1ccccc1O)c1cc2cc(Br)ccc2cc1OP(=O)(Oc1cc2ccc(Br)cc2cc1C(=O)Nc1ccccc1O)Oc1cc2ccc(Br)cc2cc1C(=O)Nc1ccccc1O. The molecule has 0 aliphatic heterocycles. The molecule has 6 N–H and O–H groups in total. The molecule has 0 fully saturated rings. The molecule has 0 unspecified atom stereocenters. The Bertz CT molecular complexity index is 3210. The predicted octanol–water partition coefficient (Wildman–Crippen LogP) is 14.0. The summed E-state index contributed by atoms with van der Waals surface area (Å²) in [5.74, 6) is -3.96. The highest BCUT2D eigenvalue weighted by atomic mass is 79.9. The summed E-state index contributed by atoms with van der Waals surface area (Å²) in [4.78, 5) is 42.9. The fourth-order valence-electron chi connectivity index (χ4n) is 7.23. The zero-order valence-electron chi connectivity index (χ0n) is 34.9. The van der Waals surface area contributed by atoms with Gasteiger partial charge in [0.05, 0.1) is 33.8 Å². The Morgan fingerprint density at radius 1 is 0.382 bits per heavy atom. The number of anilines is 3. The number of carbonyl (C=O) groups is 3. The molecule has 9 rings (SSSR count). The monoisotopic (exact) mass is 1110 g/mol. The molecule has 13 nitrogen and oxygen atoms in total. The van der Waals surface area contributed by atoms with Gasteiger partial charge in [-0.1, -0.05) is 102 Å². The van der Waals surface area contributed by atoms with Crippen molar-refractivity contribution >= 4 is 123 Å². The Balaban J connectivity index is 1.23. The molecule has 0 heterocycles. The molecule has 9 aromatic rings. The number of amides is 3. The molecule has 3 amide bonds. The lowest BCUT2D eigenvalue weighted by Crippen LogP contribution is -2.18. The number of carbonyl (C=O) groups excluding carboxylic acids is 3. The fourth-order valence-corrected chi connectivity index (χ4v) is 9.65. The molecular formula is C51H33Br3N3O10P. The van der Waals surface area contributed by atoms with Gasteiger partial charge in [-0.25, -0.2) is 0 Å². The zero-order valence-corrected chi connectivity index (χ0v) is 40.5. The van der Waals surface area contributed by atoms with E-state index in [2.05, 4.69) is 63.7 Å². The molecule has 0 aliphatic rings. The van der Waals surface area contributed by atoms with Crippen LogP contribution in [-0.2, 0) is 4.57 Å². The van der Waals surface area contributed by atoms with Crippen LogP contribution in [0.1, 0.15) is 31.1 Å². The van der Waals surface area contributed by atoms with Gasteiger partial charge in [-0.05, 0) is 142 Å². The first kappa shape index (κ1) is 45.8. The number of phosphoric ester groups is 1. The second kappa shape index (κ2) is 19.1. The largest absolute Gasteiger partial charge is 0.647 e. The van der Waals surface area contributed by atoms with Gasteiger partial charge in [0.1, 0.15) is 34.5 Å². The van der Waals surface area contributed by atoms with E-state index in [4.69, 9.17) is 13.6 Å². The number of para-hydroxylation sites is 6. The van der Waals surface area contributed by atoms with Gasteiger partial charge in [0.2, 0.25) is 0 Å². The predicted molar refractivity (Wildman–Crippen MR) is 273 cm³/mol. The summed E-state index contributed by atoms with van der Waals surface area (Å²) < 4.78 is 37.3. The second-order valence-corrected chi connectivity index (χ2v) is 19.3. The van der Waals surface area contributed by atoms with E-state index in [-0.39, 0.29) is 68.2 Å². The highest BCUT2D eigenvalue weighted by Crippen LogP contribution is 2.53. The molecule has 0 saturated heterocycles.